The Bertz CT molecular complexity index is 1060. The largest absolute Gasteiger partial charge is 0.508 e. The number of halogens is 1. The molecule has 0 radical (unpaired) electrons. The molecule has 0 bridgehead atoms. The van der Waals surface area contributed by atoms with Gasteiger partial charge in [0, 0.05) is 29.2 Å². The number of phenols is 1. The number of primary amides is 1. The zero-order valence-corrected chi connectivity index (χ0v) is 19.9. The van der Waals surface area contributed by atoms with Crippen LogP contribution in [0.1, 0.15) is 40.7 Å². The van der Waals surface area contributed by atoms with Crippen LogP contribution in [0, 0.1) is 6.92 Å². The Morgan fingerprint density at radius 3 is 2.56 bits per heavy atom. The molecule has 0 unspecified atom stereocenters. The van der Waals surface area contributed by atoms with Gasteiger partial charge in [-0.25, -0.2) is 0 Å². The second kappa shape index (κ2) is 11.0. The second-order valence-corrected chi connectivity index (χ2v) is 8.96. The molecule has 1 aliphatic rings. The van der Waals surface area contributed by atoms with E-state index in [2.05, 4.69) is 63.7 Å². The number of amides is 1. The van der Waals surface area contributed by atoms with E-state index in [1.54, 1.807) is 6.07 Å². The third-order valence-corrected chi connectivity index (χ3v) is 6.15. The number of anilines is 2. The summed E-state index contributed by atoms with van der Waals surface area (Å²) in [6, 6.07) is 18.3. The van der Waals surface area contributed by atoms with E-state index in [-0.39, 0.29) is 18.1 Å². The number of hydrogen-bond acceptors (Lipinski definition) is 4. The number of aryl methyl sites for hydroxylation is 2. The summed E-state index contributed by atoms with van der Waals surface area (Å²) in [6.45, 7) is 2.93. The van der Waals surface area contributed by atoms with Gasteiger partial charge in [0.1, 0.15) is 5.75 Å². The van der Waals surface area contributed by atoms with Gasteiger partial charge in [0.05, 0.1) is 5.69 Å². The number of aromatic hydroxyl groups is 1. The monoisotopic (exact) mass is 495 g/mol. The Labute approximate surface area is 198 Å². The number of hydrogen-bond donors (Lipinski definition) is 4. The molecule has 4 rings (SSSR count). The molecule has 0 atom stereocenters. The van der Waals surface area contributed by atoms with E-state index in [9.17, 15) is 9.90 Å². The highest BCUT2D eigenvalue weighted by Gasteiger charge is 2.13. The SMILES string of the molecule is Brc1cc(Cc2ccccc2)cc2c1NCCC2.Cc1cc(O)cc(N)c1CCC(N)=O. The molecule has 3 aromatic rings. The number of fused-ring (bicyclic) bond motifs is 1. The fourth-order valence-corrected chi connectivity index (χ4v) is 4.65. The first-order valence-corrected chi connectivity index (χ1v) is 11.6. The molecule has 0 saturated carbocycles. The third-order valence-electron chi connectivity index (χ3n) is 5.52. The van der Waals surface area contributed by atoms with Crippen molar-refractivity contribution in [2.45, 2.75) is 39.0 Å². The minimum absolute atomic E-state index is 0.142. The van der Waals surface area contributed by atoms with Crippen molar-refractivity contribution in [3.05, 3.63) is 86.9 Å². The van der Waals surface area contributed by atoms with Crippen molar-refractivity contribution in [3.63, 3.8) is 0 Å². The second-order valence-electron chi connectivity index (χ2n) is 8.10. The highest BCUT2D eigenvalue weighted by Crippen LogP contribution is 2.32. The first-order valence-electron chi connectivity index (χ1n) is 10.8. The van der Waals surface area contributed by atoms with Crippen molar-refractivity contribution >= 4 is 33.2 Å². The Morgan fingerprint density at radius 2 is 1.88 bits per heavy atom. The molecule has 5 nitrogen and oxygen atoms in total. The molecule has 6 N–H and O–H groups in total. The predicted molar refractivity (Wildman–Crippen MR) is 135 cm³/mol. The molecule has 0 aliphatic carbocycles. The summed E-state index contributed by atoms with van der Waals surface area (Å²) >= 11 is 3.68. The average molecular weight is 496 g/mol. The van der Waals surface area contributed by atoms with Gasteiger partial charge in [-0.05, 0) is 88.5 Å². The molecule has 1 aliphatic heterocycles. The number of rotatable bonds is 5. The number of carbonyl (C=O) groups excluding carboxylic acids is 1. The van der Waals surface area contributed by atoms with Crippen molar-refractivity contribution < 1.29 is 9.90 Å². The quantitative estimate of drug-likeness (QED) is 0.369. The van der Waals surface area contributed by atoms with Gasteiger partial charge in [-0.15, -0.1) is 0 Å². The van der Waals surface area contributed by atoms with Crippen LogP contribution in [0.4, 0.5) is 11.4 Å². The summed E-state index contributed by atoms with van der Waals surface area (Å²) in [5, 5.41) is 12.7. The fourth-order valence-electron chi connectivity index (χ4n) is 3.96. The van der Waals surface area contributed by atoms with Crippen LogP contribution >= 0.6 is 15.9 Å². The van der Waals surface area contributed by atoms with Gasteiger partial charge in [0.25, 0.3) is 0 Å². The molecule has 0 aromatic heterocycles. The Balaban J connectivity index is 0.000000188. The van der Waals surface area contributed by atoms with Crippen LogP contribution < -0.4 is 16.8 Å². The lowest BCUT2D eigenvalue weighted by Crippen LogP contribution is -2.12. The number of benzene rings is 3. The minimum atomic E-state index is -0.350. The number of carbonyl (C=O) groups is 1. The van der Waals surface area contributed by atoms with E-state index >= 15 is 0 Å². The number of phenolic OH excluding ortho intramolecular Hbond substituents is 1. The Hall–Kier alpha value is -2.99. The highest BCUT2D eigenvalue weighted by atomic mass is 79.9. The van der Waals surface area contributed by atoms with Gasteiger partial charge in [-0.3, -0.25) is 4.79 Å². The van der Waals surface area contributed by atoms with E-state index in [0.29, 0.717) is 12.1 Å². The predicted octanol–water partition coefficient (Wildman–Crippen LogP) is 5.10. The van der Waals surface area contributed by atoms with Gasteiger partial charge < -0.3 is 21.9 Å². The number of nitrogens with two attached hydrogens (primary N) is 2. The molecule has 6 heteroatoms. The van der Waals surface area contributed by atoms with Crippen molar-refractivity contribution in [2.75, 3.05) is 17.6 Å². The summed E-state index contributed by atoms with van der Waals surface area (Å²) in [5.74, 6) is -0.209. The molecule has 1 amide bonds. The number of nitrogen functional groups attached to an aromatic ring is 1. The molecule has 0 saturated heterocycles. The smallest absolute Gasteiger partial charge is 0.217 e. The zero-order chi connectivity index (χ0) is 23.1. The van der Waals surface area contributed by atoms with E-state index < -0.39 is 0 Å². The summed E-state index contributed by atoms with van der Waals surface area (Å²) in [4.78, 5) is 10.6. The molecule has 1 heterocycles. The van der Waals surface area contributed by atoms with Crippen LogP contribution in [0.25, 0.3) is 0 Å². The maximum atomic E-state index is 10.6. The summed E-state index contributed by atoms with van der Waals surface area (Å²) in [5.41, 5.74) is 18.5. The molecule has 0 spiro atoms. The summed E-state index contributed by atoms with van der Waals surface area (Å²) < 4.78 is 1.20. The lowest BCUT2D eigenvalue weighted by atomic mass is 9.97. The van der Waals surface area contributed by atoms with Gasteiger partial charge in [0.15, 0.2) is 0 Å². The van der Waals surface area contributed by atoms with Gasteiger partial charge in [0.2, 0.25) is 5.91 Å². The molecule has 32 heavy (non-hydrogen) atoms. The molecule has 0 fully saturated rings. The normalized spacial score (nSPS) is 12.2. The maximum absolute atomic E-state index is 10.6. The number of nitrogens with one attached hydrogen (secondary N) is 1. The van der Waals surface area contributed by atoms with Crippen LogP contribution in [0.15, 0.2) is 59.1 Å². The standard InChI is InChI=1S/C16H16BrN.C10H14N2O2/c17-15-11-13(9-12-5-2-1-3-6-12)10-14-7-4-8-18-16(14)15;1-6-4-7(13)5-9(11)8(6)2-3-10(12)14/h1-3,5-6,10-11,18H,4,7-9H2;4-5,13H,2-3,11H2,1H3,(H2,12,14). The van der Waals surface area contributed by atoms with Crippen LogP contribution in [-0.4, -0.2) is 17.6 Å². The van der Waals surface area contributed by atoms with Crippen LogP contribution in [0.5, 0.6) is 5.75 Å². The van der Waals surface area contributed by atoms with Crippen LogP contribution in [-0.2, 0) is 24.1 Å². The lowest BCUT2D eigenvalue weighted by Gasteiger charge is -2.20. The topological polar surface area (TPSA) is 101 Å². The van der Waals surface area contributed by atoms with Crippen molar-refractivity contribution in [2.24, 2.45) is 5.73 Å². The van der Waals surface area contributed by atoms with Gasteiger partial charge in [-0.2, -0.15) is 0 Å². The summed E-state index contributed by atoms with van der Waals surface area (Å²) in [7, 11) is 0. The van der Waals surface area contributed by atoms with E-state index in [1.165, 1.54) is 45.8 Å². The molecular formula is C26H30BrN3O2. The molecule has 3 aromatic carbocycles. The fraction of sp³-hybridized carbons (Fsp3) is 0.269. The van der Waals surface area contributed by atoms with Gasteiger partial charge in [-0.1, -0.05) is 36.4 Å². The van der Waals surface area contributed by atoms with Crippen molar-refractivity contribution in [1.29, 1.82) is 0 Å². The first kappa shape index (κ1) is 23.7. The van der Waals surface area contributed by atoms with E-state index in [0.717, 1.165) is 24.1 Å². The molecular weight excluding hydrogens is 466 g/mol. The van der Waals surface area contributed by atoms with E-state index in [4.69, 9.17) is 11.5 Å². The van der Waals surface area contributed by atoms with E-state index in [1.807, 2.05) is 6.92 Å². The average Bonchev–Trinajstić information content (AvgIpc) is 2.74. The first-order chi connectivity index (χ1) is 15.3. The maximum Gasteiger partial charge on any atom is 0.217 e. The van der Waals surface area contributed by atoms with Crippen LogP contribution in [0.3, 0.4) is 0 Å². The lowest BCUT2D eigenvalue weighted by molar-refractivity contribution is -0.117. The summed E-state index contributed by atoms with van der Waals surface area (Å²) in [6.07, 6.45) is 4.22. The van der Waals surface area contributed by atoms with Crippen molar-refractivity contribution in [1.82, 2.24) is 0 Å². The molecule has 168 valence electrons. The minimum Gasteiger partial charge on any atom is -0.508 e. The third kappa shape index (κ3) is 6.50. The van der Waals surface area contributed by atoms with Crippen molar-refractivity contribution in [3.8, 4) is 5.75 Å². The van der Waals surface area contributed by atoms with Gasteiger partial charge >= 0.3 is 0 Å². The van der Waals surface area contributed by atoms with Crippen LogP contribution in [0.2, 0.25) is 0 Å². The Morgan fingerprint density at radius 1 is 1.12 bits per heavy atom. The zero-order valence-electron chi connectivity index (χ0n) is 18.3. The Kier molecular flexibility index (Phi) is 8.17. The highest BCUT2D eigenvalue weighted by molar-refractivity contribution is 9.10.